The normalized spacial score (nSPS) is 21.5. The van der Waals surface area contributed by atoms with E-state index in [1.807, 2.05) is 12.3 Å². The van der Waals surface area contributed by atoms with Crippen molar-refractivity contribution in [2.45, 2.75) is 49.8 Å². The topological polar surface area (TPSA) is 68.1 Å². The molecule has 2 aromatic rings. The number of piperidine rings is 1. The molecule has 0 bridgehead atoms. The summed E-state index contributed by atoms with van der Waals surface area (Å²) in [6, 6.07) is 3.50. The molecule has 0 amide bonds. The smallest absolute Gasteiger partial charge is 0.252 e. The van der Waals surface area contributed by atoms with Crippen molar-refractivity contribution in [1.29, 1.82) is 0 Å². The molecule has 0 atom stereocenters. The number of aromatic nitrogens is 3. The summed E-state index contributed by atoms with van der Waals surface area (Å²) in [5.74, 6) is 2.07. The van der Waals surface area contributed by atoms with E-state index in [9.17, 15) is 8.42 Å². The van der Waals surface area contributed by atoms with Crippen LogP contribution in [0.25, 0.3) is 0 Å². The van der Waals surface area contributed by atoms with Crippen LogP contribution in [0.2, 0.25) is 0 Å². The van der Waals surface area contributed by atoms with Gasteiger partial charge in [0.15, 0.2) is 0 Å². The molecule has 0 unspecified atom stereocenters. The molecule has 24 heavy (non-hydrogen) atoms. The Morgan fingerprint density at radius 2 is 1.88 bits per heavy atom. The van der Waals surface area contributed by atoms with E-state index in [1.54, 1.807) is 16.4 Å². The number of fused-ring (bicyclic) bond motifs is 1. The fraction of sp³-hybridized carbons (Fsp3) is 0.625. The maximum Gasteiger partial charge on any atom is 0.252 e. The third kappa shape index (κ3) is 2.70. The van der Waals surface area contributed by atoms with Gasteiger partial charge in [0, 0.05) is 26.1 Å². The van der Waals surface area contributed by atoms with Crippen molar-refractivity contribution in [1.82, 2.24) is 19.1 Å². The zero-order chi connectivity index (χ0) is 16.8. The van der Waals surface area contributed by atoms with Crippen LogP contribution >= 0.6 is 11.3 Å². The molecule has 4 heterocycles. The number of aryl methyl sites for hydroxylation is 2. The van der Waals surface area contributed by atoms with Crippen LogP contribution < -0.4 is 0 Å². The number of hydrogen-bond donors (Lipinski definition) is 0. The summed E-state index contributed by atoms with van der Waals surface area (Å²) in [4.78, 5) is 0. The molecular weight excluding hydrogens is 344 g/mol. The molecule has 130 valence electrons. The molecule has 0 saturated carbocycles. The monoisotopic (exact) mass is 366 g/mol. The molecule has 2 aliphatic heterocycles. The lowest BCUT2D eigenvalue weighted by Gasteiger charge is -2.40. The minimum absolute atomic E-state index is 0.245. The molecule has 4 rings (SSSR count). The average molecular weight is 367 g/mol. The number of sulfonamides is 1. The molecular formula is C16H22N4O2S2. The SMILES string of the molecule is Cc1nnc2n1CCC1(CC2)CCN(S(=O)(=O)c2cccs2)CC1. The number of nitrogens with zero attached hydrogens (tertiary/aromatic N) is 4. The minimum Gasteiger partial charge on any atom is -0.315 e. The molecule has 2 aromatic heterocycles. The zero-order valence-corrected chi connectivity index (χ0v) is 15.4. The Bertz CT molecular complexity index is 818. The molecule has 1 fully saturated rings. The van der Waals surface area contributed by atoms with Crippen molar-refractivity contribution in [2.24, 2.45) is 5.41 Å². The summed E-state index contributed by atoms with van der Waals surface area (Å²) in [6.07, 6.45) is 4.99. The molecule has 1 saturated heterocycles. The second kappa shape index (κ2) is 5.93. The van der Waals surface area contributed by atoms with Gasteiger partial charge < -0.3 is 4.57 Å². The Labute approximate surface area is 146 Å². The number of thiophene rings is 1. The largest absolute Gasteiger partial charge is 0.315 e. The van der Waals surface area contributed by atoms with Gasteiger partial charge in [-0.3, -0.25) is 0 Å². The van der Waals surface area contributed by atoms with E-state index in [-0.39, 0.29) is 5.41 Å². The average Bonchev–Trinajstić information content (AvgIpc) is 3.19. The van der Waals surface area contributed by atoms with Crippen molar-refractivity contribution in [3.63, 3.8) is 0 Å². The van der Waals surface area contributed by atoms with Crippen LogP contribution in [0.5, 0.6) is 0 Å². The maximum atomic E-state index is 12.7. The minimum atomic E-state index is -3.31. The molecule has 8 heteroatoms. The Morgan fingerprint density at radius 3 is 2.58 bits per heavy atom. The zero-order valence-electron chi connectivity index (χ0n) is 13.8. The molecule has 0 radical (unpaired) electrons. The van der Waals surface area contributed by atoms with Gasteiger partial charge in [-0.05, 0) is 49.5 Å². The quantitative estimate of drug-likeness (QED) is 0.819. The summed E-state index contributed by atoms with van der Waals surface area (Å²) >= 11 is 1.30. The van der Waals surface area contributed by atoms with Crippen molar-refractivity contribution >= 4 is 21.4 Å². The van der Waals surface area contributed by atoms with Crippen molar-refractivity contribution in [2.75, 3.05) is 13.1 Å². The fourth-order valence-electron chi connectivity index (χ4n) is 3.99. The molecule has 6 nitrogen and oxygen atoms in total. The van der Waals surface area contributed by atoms with Gasteiger partial charge in [-0.2, -0.15) is 4.31 Å². The van der Waals surface area contributed by atoms with Crippen LogP contribution in [-0.4, -0.2) is 40.6 Å². The third-order valence-corrected chi connectivity index (χ3v) is 8.90. The van der Waals surface area contributed by atoms with Gasteiger partial charge >= 0.3 is 0 Å². The summed E-state index contributed by atoms with van der Waals surface area (Å²) in [5, 5.41) is 10.3. The predicted octanol–water partition coefficient (Wildman–Crippen LogP) is 2.46. The van der Waals surface area contributed by atoms with Crippen molar-refractivity contribution < 1.29 is 8.42 Å². The standard InChI is InChI=1S/C16H22N4O2S2/c1-13-17-18-14-4-5-16(8-11-20(13)14)6-9-19(10-7-16)24(21,22)15-3-2-12-23-15/h2-3,12H,4-11H2,1H3. The van der Waals surface area contributed by atoms with Crippen LogP contribution in [0.4, 0.5) is 0 Å². The van der Waals surface area contributed by atoms with Crippen LogP contribution in [0.3, 0.4) is 0 Å². The Hall–Kier alpha value is -1.25. The van der Waals surface area contributed by atoms with Crippen LogP contribution in [-0.2, 0) is 23.0 Å². The number of rotatable bonds is 2. The maximum absolute atomic E-state index is 12.7. The van der Waals surface area contributed by atoms with Crippen LogP contribution in [0.15, 0.2) is 21.7 Å². The van der Waals surface area contributed by atoms with Crippen molar-refractivity contribution in [3.05, 3.63) is 29.2 Å². The molecule has 0 aliphatic carbocycles. The van der Waals surface area contributed by atoms with E-state index in [2.05, 4.69) is 14.8 Å². The highest BCUT2D eigenvalue weighted by Gasteiger charge is 2.39. The highest BCUT2D eigenvalue weighted by Crippen LogP contribution is 2.42. The molecule has 1 spiro atoms. The Balaban J connectivity index is 1.47. The van der Waals surface area contributed by atoms with E-state index in [4.69, 9.17) is 0 Å². The first kappa shape index (κ1) is 16.2. The lowest BCUT2D eigenvalue weighted by atomic mass is 9.73. The highest BCUT2D eigenvalue weighted by molar-refractivity contribution is 7.91. The first-order valence-corrected chi connectivity index (χ1v) is 10.7. The summed E-state index contributed by atoms with van der Waals surface area (Å²) in [6.45, 7) is 4.20. The van der Waals surface area contributed by atoms with Gasteiger partial charge in [0.25, 0.3) is 10.0 Å². The summed E-state index contributed by atoms with van der Waals surface area (Å²) in [5.41, 5.74) is 0.245. The summed E-state index contributed by atoms with van der Waals surface area (Å²) < 4.78 is 29.7. The van der Waals surface area contributed by atoms with Gasteiger partial charge in [0.1, 0.15) is 15.9 Å². The molecule has 0 aromatic carbocycles. The van der Waals surface area contributed by atoms with Crippen molar-refractivity contribution in [3.8, 4) is 0 Å². The van der Waals surface area contributed by atoms with E-state index >= 15 is 0 Å². The predicted molar refractivity (Wildman–Crippen MR) is 92.4 cm³/mol. The van der Waals surface area contributed by atoms with E-state index in [1.165, 1.54) is 11.3 Å². The lowest BCUT2D eigenvalue weighted by molar-refractivity contribution is 0.129. The second-order valence-electron chi connectivity index (χ2n) is 6.90. The molecule has 2 aliphatic rings. The first-order chi connectivity index (χ1) is 11.5. The molecule has 0 N–H and O–H groups in total. The Morgan fingerprint density at radius 1 is 1.12 bits per heavy atom. The van der Waals surface area contributed by atoms with Gasteiger partial charge in [0.2, 0.25) is 0 Å². The second-order valence-corrected chi connectivity index (χ2v) is 10.0. The van der Waals surface area contributed by atoms with E-state index < -0.39 is 10.0 Å². The third-order valence-electron chi connectivity index (χ3n) is 5.63. The lowest BCUT2D eigenvalue weighted by Crippen LogP contribution is -2.43. The Kier molecular flexibility index (Phi) is 4.01. The first-order valence-electron chi connectivity index (χ1n) is 8.43. The van der Waals surface area contributed by atoms with Gasteiger partial charge in [-0.25, -0.2) is 8.42 Å². The van der Waals surface area contributed by atoms with Gasteiger partial charge in [0.05, 0.1) is 0 Å². The van der Waals surface area contributed by atoms with Gasteiger partial charge in [-0.1, -0.05) is 6.07 Å². The van der Waals surface area contributed by atoms with E-state index in [0.29, 0.717) is 17.3 Å². The van der Waals surface area contributed by atoms with E-state index in [0.717, 1.165) is 50.3 Å². The fourth-order valence-corrected chi connectivity index (χ4v) is 6.58. The van der Waals surface area contributed by atoms with Crippen LogP contribution in [0.1, 0.15) is 37.3 Å². The van der Waals surface area contributed by atoms with Crippen LogP contribution in [0, 0.1) is 12.3 Å². The highest BCUT2D eigenvalue weighted by atomic mass is 32.2. The van der Waals surface area contributed by atoms with Gasteiger partial charge in [-0.15, -0.1) is 21.5 Å². The number of hydrogen-bond acceptors (Lipinski definition) is 5. The summed E-state index contributed by atoms with van der Waals surface area (Å²) in [7, 11) is -3.31.